The number of ether oxygens (including phenoxy) is 1. The van der Waals surface area contributed by atoms with E-state index < -0.39 is 0 Å². The topological polar surface area (TPSA) is 68.2 Å². The molecule has 0 aliphatic carbocycles. The van der Waals surface area contributed by atoms with Crippen molar-refractivity contribution in [3.8, 4) is 0 Å². The predicted molar refractivity (Wildman–Crippen MR) is 89.5 cm³/mol. The lowest BCUT2D eigenvalue weighted by Crippen LogP contribution is -2.39. The lowest BCUT2D eigenvalue weighted by atomic mass is 10.1. The summed E-state index contributed by atoms with van der Waals surface area (Å²) in [5, 5.41) is 6.42. The van der Waals surface area contributed by atoms with Gasteiger partial charge in [0.25, 0.3) is 0 Å². The van der Waals surface area contributed by atoms with Crippen molar-refractivity contribution in [2.75, 3.05) is 20.3 Å². The van der Waals surface area contributed by atoms with Gasteiger partial charge in [-0.15, -0.1) is 0 Å². The first-order valence-corrected chi connectivity index (χ1v) is 7.75. The largest absolute Gasteiger partial charge is 0.385 e. The minimum atomic E-state index is -0.352. The molecule has 1 atom stereocenters. The molecule has 0 radical (unpaired) electrons. The smallest absolute Gasteiger partial charge is 0.315 e. The van der Waals surface area contributed by atoms with E-state index >= 15 is 0 Å². The summed E-state index contributed by atoms with van der Waals surface area (Å²) in [4.78, 5) is 16.5. The lowest BCUT2D eigenvalue weighted by Gasteiger charge is -2.19. The van der Waals surface area contributed by atoms with Crippen molar-refractivity contribution < 1.29 is 9.53 Å². The summed E-state index contributed by atoms with van der Waals surface area (Å²) < 4.78 is 6.84. The maximum atomic E-state index is 12.1. The zero-order valence-corrected chi connectivity index (χ0v) is 14.0. The zero-order chi connectivity index (χ0) is 16.7. The number of hydrogen-bond donors (Lipinski definition) is 2. The second-order valence-corrected chi connectivity index (χ2v) is 5.56. The number of carbonyl (C=O) groups is 1. The quantitative estimate of drug-likeness (QED) is 0.763. The first-order chi connectivity index (χ1) is 11.1. The fraction of sp³-hybridized carbons (Fsp3) is 0.375. The molecule has 0 bridgehead atoms. The highest BCUT2D eigenvalue weighted by Crippen LogP contribution is 2.22. The standard InChI is InChI=1S/C16H21ClN4O2/c1-21-10-9-18-15(21)14(12-4-6-13(17)7-5-12)20-16(22)19-8-3-11-23-2/h4-7,9-10,14H,3,8,11H2,1-2H3,(H2,19,20,22)/t14-/m0/s1. The van der Waals surface area contributed by atoms with Gasteiger partial charge in [-0.3, -0.25) is 0 Å². The van der Waals surface area contributed by atoms with Crippen molar-refractivity contribution in [2.45, 2.75) is 12.5 Å². The van der Waals surface area contributed by atoms with E-state index in [4.69, 9.17) is 16.3 Å². The molecule has 2 rings (SSSR count). The van der Waals surface area contributed by atoms with E-state index in [1.165, 1.54) is 0 Å². The molecule has 0 saturated carbocycles. The van der Waals surface area contributed by atoms with Crippen LogP contribution in [0.4, 0.5) is 4.79 Å². The summed E-state index contributed by atoms with van der Waals surface area (Å²) in [6.45, 7) is 1.16. The molecule has 0 unspecified atom stereocenters. The molecule has 0 saturated heterocycles. The Morgan fingerprint density at radius 2 is 2.13 bits per heavy atom. The third kappa shape index (κ3) is 4.97. The van der Waals surface area contributed by atoms with Crippen molar-refractivity contribution in [2.24, 2.45) is 7.05 Å². The second-order valence-electron chi connectivity index (χ2n) is 5.13. The number of benzene rings is 1. The van der Waals surface area contributed by atoms with E-state index in [1.54, 1.807) is 25.4 Å². The van der Waals surface area contributed by atoms with E-state index in [1.807, 2.05) is 29.9 Å². The summed E-state index contributed by atoms with van der Waals surface area (Å²) in [6, 6.07) is 6.76. The van der Waals surface area contributed by atoms with E-state index in [0.717, 1.165) is 17.8 Å². The number of amides is 2. The second kappa shape index (κ2) is 8.55. The fourth-order valence-electron chi connectivity index (χ4n) is 2.21. The summed E-state index contributed by atoms with van der Waals surface area (Å²) in [5.74, 6) is 0.749. The molecule has 2 N–H and O–H groups in total. The van der Waals surface area contributed by atoms with Crippen LogP contribution in [0.5, 0.6) is 0 Å². The van der Waals surface area contributed by atoms with Crippen molar-refractivity contribution >= 4 is 17.6 Å². The molecule has 0 aliphatic heterocycles. The molecule has 6 nitrogen and oxygen atoms in total. The first-order valence-electron chi connectivity index (χ1n) is 7.38. The van der Waals surface area contributed by atoms with Gasteiger partial charge in [0.15, 0.2) is 0 Å². The predicted octanol–water partition coefficient (Wildman–Crippen LogP) is 2.50. The highest BCUT2D eigenvalue weighted by Gasteiger charge is 2.20. The van der Waals surface area contributed by atoms with Crippen LogP contribution in [0.2, 0.25) is 5.02 Å². The fourth-order valence-corrected chi connectivity index (χ4v) is 2.33. The number of nitrogens with zero attached hydrogens (tertiary/aromatic N) is 2. The SMILES string of the molecule is COCCCNC(=O)N[C@@H](c1ccc(Cl)cc1)c1nccn1C. The Balaban J connectivity index is 2.10. The molecule has 0 spiro atoms. The van der Waals surface area contributed by atoms with Gasteiger partial charge in [-0.2, -0.15) is 0 Å². The molecule has 2 amide bonds. The minimum absolute atomic E-state index is 0.246. The Hall–Kier alpha value is -2.05. The summed E-state index contributed by atoms with van der Waals surface area (Å²) in [6.07, 6.45) is 4.31. The maximum Gasteiger partial charge on any atom is 0.315 e. The third-order valence-corrected chi connectivity index (χ3v) is 3.66. The Morgan fingerprint density at radius 3 is 2.74 bits per heavy atom. The third-order valence-electron chi connectivity index (χ3n) is 3.41. The van der Waals surface area contributed by atoms with E-state index in [0.29, 0.717) is 18.2 Å². The molecule has 2 aromatic rings. The number of imidazole rings is 1. The summed E-state index contributed by atoms with van der Waals surface area (Å²) >= 11 is 5.94. The molecule has 1 aromatic heterocycles. The number of aryl methyl sites for hydroxylation is 1. The van der Waals surface area contributed by atoms with Crippen LogP contribution in [0.15, 0.2) is 36.7 Å². The summed E-state index contributed by atoms with van der Waals surface area (Å²) in [7, 11) is 3.53. The Bertz CT molecular complexity index is 627. The van der Waals surface area contributed by atoms with Crippen molar-refractivity contribution in [3.05, 3.63) is 53.1 Å². The van der Waals surface area contributed by atoms with Gasteiger partial charge in [0, 0.05) is 44.7 Å². The lowest BCUT2D eigenvalue weighted by molar-refractivity contribution is 0.193. The number of hydrogen-bond acceptors (Lipinski definition) is 3. The van der Waals surface area contributed by atoms with Crippen molar-refractivity contribution in [1.82, 2.24) is 20.2 Å². The van der Waals surface area contributed by atoms with Crippen LogP contribution in [0.1, 0.15) is 23.9 Å². The van der Waals surface area contributed by atoms with Gasteiger partial charge < -0.3 is 19.9 Å². The maximum absolute atomic E-state index is 12.1. The van der Waals surface area contributed by atoms with Crippen LogP contribution in [-0.4, -0.2) is 35.8 Å². The zero-order valence-electron chi connectivity index (χ0n) is 13.3. The van der Waals surface area contributed by atoms with Gasteiger partial charge in [0.2, 0.25) is 0 Å². The van der Waals surface area contributed by atoms with Crippen molar-refractivity contribution in [3.63, 3.8) is 0 Å². The number of methoxy groups -OCH3 is 1. The number of aromatic nitrogens is 2. The number of urea groups is 1. The average Bonchev–Trinajstić information content (AvgIpc) is 2.96. The first kappa shape index (κ1) is 17.3. The molecule has 7 heteroatoms. The van der Waals surface area contributed by atoms with Gasteiger partial charge in [0.05, 0.1) is 0 Å². The molecule has 23 heavy (non-hydrogen) atoms. The van der Waals surface area contributed by atoms with Crippen LogP contribution >= 0.6 is 11.6 Å². The van der Waals surface area contributed by atoms with Crippen LogP contribution in [0.25, 0.3) is 0 Å². The number of halogens is 1. The van der Waals surface area contributed by atoms with E-state index in [2.05, 4.69) is 15.6 Å². The molecular formula is C16H21ClN4O2. The number of rotatable bonds is 7. The average molecular weight is 337 g/mol. The van der Waals surface area contributed by atoms with Gasteiger partial charge in [0.1, 0.15) is 11.9 Å². The van der Waals surface area contributed by atoms with Crippen LogP contribution in [0, 0.1) is 0 Å². The van der Waals surface area contributed by atoms with Gasteiger partial charge in [-0.05, 0) is 24.1 Å². The Morgan fingerprint density at radius 1 is 1.39 bits per heavy atom. The molecule has 1 heterocycles. The molecule has 0 fully saturated rings. The van der Waals surface area contributed by atoms with Crippen molar-refractivity contribution in [1.29, 1.82) is 0 Å². The van der Waals surface area contributed by atoms with E-state index in [-0.39, 0.29) is 12.1 Å². The Kier molecular flexibility index (Phi) is 6.43. The number of nitrogens with one attached hydrogen (secondary N) is 2. The number of carbonyl (C=O) groups excluding carboxylic acids is 1. The van der Waals surface area contributed by atoms with Crippen LogP contribution in [0.3, 0.4) is 0 Å². The minimum Gasteiger partial charge on any atom is -0.385 e. The van der Waals surface area contributed by atoms with Gasteiger partial charge in [-0.1, -0.05) is 23.7 Å². The highest BCUT2D eigenvalue weighted by molar-refractivity contribution is 6.30. The highest BCUT2D eigenvalue weighted by atomic mass is 35.5. The molecule has 124 valence electrons. The normalized spacial score (nSPS) is 12.0. The van der Waals surface area contributed by atoms with Crippen LogP contribution in [-0.2, 0) is 11.8 Å². The van der Waals surface area contributed by atoms with Gasteiger partial charge >= 0.3 is 6.03 Å². The molecular weight excluding hydrogens is 316 g/mol. The monoisotopic (exact) mass is 336 g/mol. The van der Waals surface area contributed by atoms with Gasteiger partial charge in [-0.25, -0.2) is 9.78 Å². The molecule has 0 aliphatic rings. The molecule has 1 aromatic carbocycles. The Labute approximate surface area is 140 Å². The van der Waals surface area contributed by atoms with E-state index in [9.17, 15) is 4.79 Å². The summed E-state index contributed by atoms with van der Waals surface area (Å²) in [5.41, 5.74) is 0.913. The van der Waals surface area contributed by atoms with Crippen LogP contribution < -0.4 is 10.6 Å².